The molecule has 0 fully saturated rings. The van der Waals surface area contributed by atoms with Gasteiger partial charge >= 0.3 is 6.18 Å². The Morgan fingerprint density at radius 1 is 1.42 bits per heavy atom. The van der Waals surface area contributed by atoms with Gasteiger partial charge in [0, 0.05) is 0 Å². The number of H-pyrrole nitrogens is 1. The predicted octanol–water partition coefficient (Wildman–Crippen LogP) is 2.55. The number of halogens is 3. The molecule has 1 aromatic heterocycles. The van der Waals surface area contributed by atoms with E-state index < -0.39 is 12.0 Å². The number of nitrogens with zero attached hydrogens (tertiary/aromatic N) is 3. The van der Waals surface area contributed by atoms with Crippen molar-refractivity contribution >= 4 is 18.4 Å². The minimum atomic E-state index is -4.66. The molecule has 100 valence electrons. The Hall–Kier alpha value is -2.16. The summed E-state index contributed by atoms with van der Waals surface area (Å²) in [6, 6.07) is 5.89. The van der Waals surface area contributed by atoms with E-state index in [9.17, 15) is 18.3 Å². The molecule has 0 aliphatic carbocycles. The SMILES string of the molecule is Oc1cccc(/C=N\n2c(C(F)(F)F)n[nH]c2=S)c1. The Labute approximate surface area is 110 Å². The molecule has 2 N–H and O–H groups in total. The molecule has 5 nitrogen and oxygen atoms in total. The van der Waals surface area contributed by atoms with Crippen LogP contribution in [0.5, 0.6) is 5.75 Å². The van der Waals surface area contributed by atoms with Gasteiger partial charge in [-0.2, -0.15) is 22.9 Å². The zero-order valence-electron chi connectivity index (χ0n) is 9.22. The van der Waals surface area contributed by atoms with Gasteiger partial charge in [0.05, 0.1) is 6.21 Å². The molecule has 0 radical (unpaired) electrons. The second kappa shape index (κ2) is 4.84. The van der Waals surface area contributed by atoms with Gasteiger partial charge in [0.1, 0.15) is 5.75 Å². The average molecular weight is 288 g/mol. The highest BCUT2D eigenvalue weighted by Gasteiger charge is 2.37. The number of aromatic amines is 1. The largest absolute Gasteiger partial charge is 0.508 e. The summed E-state index contributed by atoms with van der Waals surface area (Å²) in [5.41, 5.74) is 0.427. The van der Waals surface area contributed by atoms with Gasteiger partial charge in [-0.3, -0.25) is 0 Å². The summed E-state index contributed by atoms with van der Waals surface area (Å²) in [5.74, 6) is -1.26. The minimum Gasteiger partial charge on any atom is -0.508 e. The van der Waals surface area contributed by atoms with Crippen molar-refractivity contribution in [1.29, 1.82) is 0 Å². The summed E-state index contributed by atoms with van der Waals surface area (Å²) in [6.45, 7) is 0. The maximum atomic E-state index is 12.6. The van der Waals surface area contributed by atoms with Crippen LogP contribution in [0.15, 0.2) is 29.4 Å². The molecule has 0 aliphatic heterocycles. The fourth-order valence-corrected chi connectivity index (χ4v) is 1.49. The number of hydrogen-bond donors (Lipinski definition) is 2. The second-order valence-electron chi connectivity index (χ2n) is 3.50. The van der Waals surface area contributed by atoms with Crippen molar-refractivity contribution in [3.8, 4) is 5.75 Å². The molecule has 0 aliphatic rings. The maximum absolute atomic E-state index is 12.6. The number of aromatic nitrogens is 3. The van der Waals surface area contributed by atoms with Crippen molar-refractivity contribution in [2.75, 3.05) is 0 Å². The zero-order chi connectivity index (χ0) is 14.0. The molecular formula is C10H7F3N4OS. The lowest BCUT2D eigenvalue weighted by molar-refractivity contribution is -0.147. The normalized spacial score (nSPS) is 12.2. The van der Waals surface area contributed by atoms with Crippen LogP contribution in [0.4, 0.5) is 13.2 Å². The molecule has 0 saturated heterocycles. The highest BCUT2D eigenvalue weighted by Crippen LogP contribution is 2.27. The number of benzene rings is 1. The van der Waals surface area contributed by atoms with Crippen LogP contribution in [0.1, 0.15) is 11.4 Å². The zero-order valence-corrected chi connectivity index (χ0v) is 10.0. The van der Waals surface area contributed by atoms with Crippen LogP contribution in [-0.2, 0) is 6.18 Å². The topological polar surface area (TPSA) is 66.2 Å². The summed E-state index contributed by atoms with van der Waals surface area (Å²) >= 11 is 4.66. The standard InChI is InChI=1S/C10H7F3N4OS/c11-10(12,13)8-15-16-9(19)17(8)14-5-6-2-1-3-7(18)4-6/h1-5,18H,(H,16,19)/b14-5-. The van der Waals surface area contributed by atoms with Crippen molar-refractivity contribution in [3.05, 3.63) is 40.4 Å². The molecule has 0 atom stereocenters. The Morgan fingerprint density at radius 3 is 2.79 bits per heavy atom. The molecule has 0 bridgehead atoms. The minimum absolute atomic E-state index is 0.0178. The third-order valence-electron chi connectivity index (χ3n) is 2.10. The quantitative estimate of drug-likeness (QED) is 0.659. The van der Waals surface area contributed by atoms with Crippen LogP contribution in [0.2, 0.25) is 0 Å². The van der Waals surface area contributed by atoms with Crippen LogP contribution < -0.4 is 0 Å². The summed E-state index contributed by atoms with van der Waals surface area (Å²) in [7, 11) is 0. The van der Waals surface area contributed by atoms with Gasteiger partial charge in [-0.1, -0.05) is 12.1 Å². The lowest BCUT2D eigenvalue weighted by atomic mass is 10.2. The van der Waals surface area contributed by atoms with E-state index in [0.29, 0.717) is 10.2 Å². The highest BCUT2D eigenvalue weighted by atomic mass is 32.1. The molecule has 1 aromatic carbocycles. The Balaban J connectivity index is 2.39. The lowest BCUT2D eigenvalue weighted by Gasteiger charge is -2.03. The van der Waals surface area contributed by atoms with Crippen LogP contribution >= 0.6 is 12.2 Å². The molecule has 1 heterocycles. The second-order valence-corrected chi connectivity index (χ2v) is 3.89. The first-order valence-electron chi connectivity index (χ1n) is 4.96. The highest BCUT2D eigenvalue weighted by molar-refractivity contribution is 7.71. The van der Waals surface area contributed by atoms with Gasteiger partial charge in [0.25, 0.3) is 5.82 Å². The molecule has 9 heteroatoms. The number of aromatic hydroxyl groups is 1. The molecule has 2 rings (SSSR count). The van der Waals surface area contributed by atoms with Gasteiger partial charge < -0.3 is 5.11 Å². The number of alkyl halides is 3. The number of phenols is 1. The van der Waals surface area contributed by atoms with Crippen LogP contribution in [0.25, 0.3) is 0 Å². The van der Waals surface area contributed by atoms with Crippen molar-refractivity contribution in [2.45, 2.75) is 6.18 Å². The van der Waals surface area contributed by atoms with Crippen molar-refractivity contribution in [1.82, 2.24) is 14.9 Å². The van der Waals surface area contributed by atoms with Gasteiger partial charge in [0.15, 0.2) is 0 Å². The van der Waals surface area contributed by atoms with Crippen molar-refractivity contribution < 1.29 is 18.3 Å². The molecule has 2 aromatic rings. The van der Waals surface area contributed by atoms with E-state index in [-0.39, 0.29) is 10.5 Å². The number of phenolic OH excluding ortho intramolecular Hbond substituents is 1. The lowest BCUT2D eigenvalue weighted by Crippen LogP contribution is -2.12. The van der Waals surface area contributed by atoms with Crippen LogP contribution in [0.3, 0.4) is 0 Å². The number of hydrogen-bond acceptors (Lipinski definition) is 4. The average Bonchev–Trinajstić information content (AvgIpc) is 2.68. The molecule has 19 heavy (non-hydrogen) atoms. The van der Waals surface area contributed by atoms with Gasteiger partial charge in [-0.25, -0.2) is 5.10 Å². The third-order valence-corrected chi connectivity index (χ3v) is 2.36. The van der Waals surface area contributed by atoms with E-state index in [4.69, 9.17) is 0 Å². The van der Waals surface area contributed by atoms with Crippen molar-refractivity contribution in [3.63, 3.8) is 0 Å². The molecule has 0 unspecified atom stereocenters. The van der Waals surface area contributed by atoms with E-state index >= 15 is 0 Å². The summed E-state index contributed by atoms with van der Waals surface area (Å²) in [5, 5.41) is 17.9. The monoisotopic (exact) mass is 288 g/mol. The fraction of sp³-hybridized carbons (Fsp3) is 0.100. The number of rotatable bonds is 2. The molecular weight excluding hydrogens is 281 g/mol. The first-order chi connectivity index (χ1) is 8.88. The smallest absolute Gasteiger partial charge is 0.453 e. The summed E-state index contributed by atoms with van der Waals surface area (Å²) in [4.78, 5) is 0. The molecule has 0 saturated carbocycles. The van der Waals surface area contributed by atoms with E-state index in [1.54, 1.807) is 6.07 Å². The van der Waals surface area contributed by atoms with E-state index in [0.717, 1.165) is 6.21 Å². The molecule has 0 amide bonds. The van der Waals surface area contributed by atoms with Gasteiger partial charge in [0.2, 0.25) is 4.77 Å². The Kier molecular flexibility index (Phi) is 3.38. The Bertz CT molecular complexity index is 674. The third kappa shape index (κ3) is 2.99. The van der Waals surface area contributed by atoms with Crippen LogP contribution in [0, 0.1) is 4.77 Å². The predicted molar refractivity (Wildman–Crippen MR) is 63.5 cm³/mol. The van der Waals surface area contributed by atoms with Gasteiger partial charge in [-0.05, 0) is 29.9 Å². The van der Waals surface area contributed by atoms with E-state index in [2.05, 4.69) is 22.4 Å². The fourth-order valence-electron chi connectivity index (χ4n) is 1.31. The molecule has 0 spiro atoms. The first kappa shape index (κ1) is 13.3. The summed E-state index contributed by atoms with van der Waals surface area (Å²) in [6.07, 6.45) is -3.52. The maximum Gasteiger partial charge on any atom is 0.453 e. The Morgan fingerprint density at radius 2 is 2.16 bits per heavy atom. The first-order valence-corrected chi connectivity index (χ1v) is 5.37. The van der Waals surface area contributed by atoms with Crippen LogP contribution in [-0.4, -0.2) is 26.2 Å². The van der Waals surface area contributed by atoms with E-state index in [1.807, 2.05) is 5.10 Å². The van der Waals surface area contributed by atoms with E-state index in [1.165, 1.54) is 18.2 Å². The van der Waals surface area contributed by atoms with Crippen molar-refractivity contribution in [2.24, 2.45) is 5.10 Å². The van der Waals surface area contributed by atoms with Gasteiger partial charge in [-0.15, -0.1) is 5.10 Å². The number of nitrogens with one attached hydrogen (secondary N) is 1. The summed E-state index contributed by atoms with van der Waals surface area (Å²) < 4.78 is 38.0.